The first kappa shape index (κ1) is 29.7. The second-order valence-corrected chi connectivity index (χ2v) is 9.54. The van der Waals surface area contributed by atoms with Crippen LogP contribution in [0.15, 0.2) is 42.5 Å². The first-order valence-corrected chi connectivity index (χ1v) is 13.0. The molecule has 0 aliphatic heterocycles. The molecule has 0 aromatic heterocycles. The normalized spacial score (nSPS) is 22.5. The average Bonchev–Trinajstić information content (AvgIpc) is 3.12. The fourth-order valence-corrected chi connectivity index (χ4v) is 4.75. The molecule has 0 amide bonds. The van der Waals surface area contributed by atoms with Crippen molar-refractivity contribution >= 4 is 5.97 Å². The van der Waals surface area contributed by atoms with E-state index in [4.69, 9.17) is 4.74 Å². The van der Waals surface area contributed by atoms with E-state index in [0.717, 1.165) is 6.42 Å². The maximum atomic E-state index is 11.7. The summed E-state index contributed by atoms with van der Waals surface area (Å²) in [5.41, 5.74) is 1.20. The Morgan fingerprint density at radius 2 is 1.78 bits per heavy atom. The van der Waals surface area contributed by atoms with Gasteiger partial charge in [-0.25, -0.2) is 0 Å². The molecule has 0 saturated heterocycles. The highest BCUT2D eigenvalue weighted by molar-refractivity contribution is 5.69. The van der Waals surface area contributed by atoms with Gasteiger partial charge in [0, 0.05) is 6.42 Å². The van der Waals surface area contributed by atoms with Gasteiger partial charge < -0.3 is 24.9 Å². The first-order chi connectivity index (χ1) is 17.4. The van der Waals surface area contributed by atoms with Gasteiger partial charge in [-0.1, -0.05) is 42.5 Å². The SMILES string of the molecule is O=C(CCC/C=C/CC1C(O)CC(O)C1CCC(O)CCc1ccccc1)OCCCCO[N+](=O)[O-]. The van der Waals surface area contributed by atoms with E-state index in [2.05, 4.69) is 17.0 Å². The maximum absolute atomic E-state index is 11.7. The van der Waals surface area contributed by atoms with Crippen LogP contribution in [0.3, 0.4) is 0 Å². The van der Waals surface area contributed by atoms with Gasteiger partial charge in [-0.05, 0) is 81.6 Å². The summed E-state index contributed by atoms with van der Waals surface area (Å²) in [4.78, 5) is 26.0. The van der Waals surface area contributed by atoms with E-state index in [1.54, 1.807) is 0 Å². The summed E-state index contributed by atoms with van der Waals surface area (Å²) in [6.45, 7) is 0.220. The van der Waals surface area contributed by atoms with Crippen LogP contribution in [0.25, 0.3) is 0 Å². The van der Waals surface area contributed by atoms with Gasteiger partial charge in [0.25, 0.3) is 5.09 Å². The Hall–Kier alpha value is -2.49. The van der Waals surface area contributed by atoms with Gasteiger partial charge in [0.2, 0.25) is 0 Å². The predicted molar refractivity (Wildman–Crippen MR) is 134 cm³/mol. The smallest absolute Gasteiger partial charge is 0.305 e. The number of aliphatic hydroxyl groups excluding tert-OH is 3. The van der Waals surface area contributed by atoms with Gasteiger partial charge in [-0.2, -0.15) is 0 Å². The fourth-order valence-electron chi connectivity index (χ4n) is 4.75. The minimum atomic E-state index is -0.839. The van der Waals surface area contributed by atoms with Gasteiger partial charge in [-0.15, -0.1) is 10.1 Å². The van der Waals surface area contributed by atoms with Crippen molar-refractivity contribution in [3.05, 3.63) is 58.2 Å². The maximum Gasteiger partial charge on any atom is 0.305 e. The molecule has 1 aliphatic carbocycles. The van der Waals surface area contributed by atoms with Crippen LogP contribution in [0.1, 0.15) is 69.8 Å². The number of rotatable bonds is 18. The molecule has 1 fully saturated rings. The summed E-state index contributed by atoms with van der Waals surface area (Å²) >= 11 is 0. The van der Waals surface area contributed by atoms with Gasteiger partial charge in [0.15, 0.2) is 0 Å². The summed E-state index contributed by atoms with van der Waals surface area (Å²) in [5, 5.41) is 40.5. The highest BCUT2D eigenvalue weighted by Gasteiger charge is 2.40. The summed E-state index contributed by atoms with van der Waals surface area (Å²) in [5.74, 6) is -0.373. The molecular weight excluding hydrogens is 466 g/mol. The van der Waals surface area contributed by atoms with Crippen molar-refractivity contribution in [2.45, 2.75) is 88.9 Å². The molecule has 1 aromatic carbocycles. The van der Waals surface area contributed by atoms with Crippen LogP contribution in [-0.4, -0.2) is 57.9 Å². The summed E-state index contributed by atoms with van der Waals surface area (Å²) in [6.07, 6.45) is 8.87. The van der Waals surface area contributed by atoms with Crippen LogP contribution in [0.5, 0.6) is 0 Å². The zero-order valence-electron chi connectivity index (χ0n) is 21.0. The quantitative estimate of drug-likeness (QED) is 0.0897. The molecule has 0 spiro atoms. The van der Waals surface area contributed by atoms with Crippen molar-refractivity contribution in [1.82, 2.24) is 0 Å². The van der Waals surface area contributed by atoms with Gasteiger partial charge in [0.05, 0.1) is 31.5 Å². The van der Waals surface area contributed by atoms with Crippen LogP contribution in [0.4, 0.5) is 0 Å². The first-order valence-electron chi connectivity index (χ1n) is 13.0. The Bertz CT molecular complexity index is 787. The molecule has 5 unspecified atom stereocenters. The summed E-state index contributed by atoms with van der Waals surface area (Å²) < 4.78 is 5.10. The average molecular weight is 508 g/mol. The zero-order chi connectivity index (χ0) is 26.2. The number of unbranched alkanes of at least 4 members (excludes halogenated alkanes) is 2. The largest absolute Gasteiger partial charge is 0.466 e. The number of hydrogen-bond acceptors (Lipinski definition) is 8. The molecule has 36 heavy (non-hydrogen) atoms. The molecule has 9 nitrogen and oxygen atoms in total. The molecular formula is C27H41NO8. The molecule has 1 saturated carbocycles. The number of carbonyl (C=O) groups is 1. The predicted octanol–water partition coefficient (Wildman–Crippen LogP) is 3.77. The van der Waals surface area contributed by atoms with E-state index in [9.17, 15) is 30.2 Å². The minimum Gasteiger partial charge on any atom is -0.466 e. The standard InChI is InChI=1S/C27H41NO8/c29-22(15-14-21-10-4-3-5-11-21)16-17-24-23(25(30)20-26(24)31)12-6-1-2-7-13-27(32)35-18-8-9-19-36-28(33)34/h1,3-6,10-11,22-26,29-31H,2,7-9,12-20H2/b6-1+. The summed E-state index contributed by atoms with van der Waals surface area (Å²) in [7, 11) is 0. The zero-order valence-corrected chi connectivity index (χ0v) is 21.0. The molecule has 1 aromatic rings. The van der Waals surface area contributed by atoms with Crippen molar-refractivity contribution in [2.24, 2.45) is 11.8 Å². The lowest BCUT2D eigenvalue weighted by Gasteiger charge is -2.23. The second-order valence-electron chi connectivity index (χ2n) is 9.54. The highest BCUT2D eigenvalue weighted by Crippen LogP contribution is 2.38. The highest BCUT2D eigenvalue weighted by atomic mass is 16.9. The van der Waals surface area contributed by atoms with Gasteiger partial charge >= 0.3 is 5.97 Å². The van der Waals surface area contributed by atoms with Crippen LogP contribution < -0.4 is 0 Å². The number of aliphatic hydroxyl groups is 3. The van der Waals surface area contributed by atoms with Crippen molar-refractivity contribution in [2.75, 3.05) is 13.2 Å². The molecule has 3 N–H and O–H groups in total. The third kappa shape index (κ3) is 12.0. The number of carbonyl (C=O) groups excluding carboxylic acids is 1. The molecule has 9 heteroatoms. The van der Waals surface area contributed by atoms with Crippen LogP contribution in [-0.2, 0) is 20.8 Å². The minimum absolute atomic E-state index is 0.00222. The molecule has 1 aliphatic rings. The molecule has 0 heterocycles. The molecule has 0 radical (unpaired) electrons. The number of benzene rings is 1. The van der Waals surface area contributed by atoms with Crippen LogP contribution in [0.2, 0.25) is 0 Å². The Balaban J connectivity index is 1.60. The molecule has 2 rings (SSSR count). The third-order valence-corrected chi connectivity index (χ3v) is 6.79. The van der Waals surface area contributed by atoms with Crippen molar-refractivity contribution in [1.29, 1.82) is 0 Å². The summed E-state index contributed by atoms with van der Waals surface area (Å²) in [6, 6.07) is 10.1. The van der Waals surface area contributed by atoms with E-state index in [0.29, 0.717) is 64.2 Å². The topological polar surface area (TPSA) is 139 Å². The molecule has 0 bridgehead atoms. The number of aryl methyl sites for hydroxylation is 1. The van der Waals surface area contributed by atoms with Crippen molar-refractivity contribution in [3.63, 3.8) is 0 Å². The van der Waals surface area contributed by atoms with E-state index in [-0.39, 0.29) is 31.0 Å². The Labute approximate surface area is 213 Å². The Morgan fingerprint density at radius 1 is 1.06 bits per heavy atom. The lowest BCUT2D eigenvalue weighted by atomic mass is 9.85. The van der Waals surface area contributed by atoms with E-state index in [1.807, 2.05) is 30.4 Å². The van der Waals surface area contributed by atoms with Gasteiger partial charge in [-0.3, -0.25) is 4.79 Å². The van der Waals surface area contributed by atoms with E-state index in [1.165, 1.54) is 5.56 Å². The second kappa shape index (κ2) is 17.1. The third-order valence-electron chi connectivity index (χ3n) is 6.79. The number of nitrogens with zero attached hydrogens (tertiary/aromatic N) is 1. The molecule has 202 valence electrons. The monoisotopic (exact) mass is 507 g/mol. The van der Waals surface area contributed by atoms with Crippen molar-refractivity contribution < 1.29 is 34.8 Å². The Morgan fingerprint density at radius 3 is 2.53 bits per heavy atom. The van der Waals surface area contributed by atoms with Gasteiger partial charge in [0.1, 0.15) is 0 Å². The Kier molecular flexibility index (Phi) is 14.1. The van der Waals surface area contributed by atoms with Crippen molar-refractivity contribution in [3.8, 4) is 0 Å². The number of allylic oxidation sites excluding steroid dienone is 2. The number of ether oxygens (including phenoxy) is 1. The van der Waals surface area contributed by atoms with Crippen LogP contribution in [0, 0.1) is 22.0 Å². The van der Waals surface area contributed by atoms with E-state index < -0.39 is 23.4 Å². The lowest BCUT2D eigenvalue weighted by Crippen LogP contribution is -2.23. The number of esters is 1. The lowest BCUT2D eigenvalue weighted by molar-refractivity contribution is -0.757. The fraction of sp³-hybridized carbons (Fsp3) is 0.667. The number of hydrogen-bond donors (Lipinski definition) is 3. The molecule has 5 atom stereocenters. The van der Waals surface area contributed by atoms with E-state index >= 15 is 0 Å². The van der Waals surface area contributed by atoms with Crippen LogP contribution >= 0.6 is 0 Å².